The Kier molecular flexibility index (Phi) is 6.37. The number of amides is 5. The maximum Gasteiger partial charge on any atom is 0.325 e. The molecule has 0 saturated carbocycles. The van der Waals surface area contributed by atoms with Gasteiger partial charge in [-0.1, -0.05) is 24.3 Å². The van der Waals surface area contributed by atoms with Gasteiger partial charge in [-0.05, 0) is 43.7 Å². The summed E-state index contributed by atoms with van der Waals surface area (Å²) in [4.78, 5) is 49.9. The molecule has 0 spiro atoms. The fourth-order valence-corrected chi connectivity index (χ4v) is 3.02. The SMILES string of the molecule is C[C@H](Oc1ccccc1F)C(=O)NNC(=O)CN1C(=O)N[C@@](C)(c2ccc(F)cc2)C1=O. The Labute approximate surface area is 181 Å². The number of carbonyl (C=O) groups is 4. The van der Waals surface area contributed by atoms with E-state index in [0.29, 0.717) is 10.5 Å². The lowest BCUT2D eigenvalue weighted by Gasteiger charge is -2.22. The zero-order valence-corrected chi connectivity index (χ0v) is 17.1. The Morgan fingerprint density at radius 3 is 2.41 bits per heavy atom. The molecule has 0 unspecified atom stereocenters. The number of hydrazine groups is 1. The van der Waals surface area contributed by atoms with E-state index < -0.39 is 53.6 Å². The van der Waals surface area contributed by atoms with Crippen LogP contribution >= 0.6 is 0 Å². The molecule has 0 bridgehead atoms. The molecule has 1 heterocycles. The van der Waals surface area contributed by atoms with Gasteiger partial charge >= 0.3 is 6.03 Å². The molecule has 168 valence electrons. The van der Waals surface area contributed by atoms with Crippen LogP contribution < -0.4 is 20.9 Å². The molecule has 0 aliphatic carbocycles. The van der Waals surface area contributed by atoms with Crippen LogP contribution in [0.1, 0.15) is 19.4 Å². The Hall–Kier alpha value is -4.02. The normalized spacial score (nSPS) is 18.7. The number of ether oxygens (including phenoxy) is 1. The molecule has 1 saturated heterocycles. The summed E-state index contributed by atoms with van der Waals surface area (Å²) in [7, 11) is 0. The van der Waals surface area contributed by atoms with Crippen LogP contribution in [-0.2, 0) is 19.9 Å². The van der Waals surface area contributed by atoms with Gasteiger partial charge in [0, 0.05) is 0 Å². The number of urea groups is 1. The Morgan fingerprint density at radius 1 is 1.09 bits per heavy atom. The summed E-state index contributed by atoms with van der Waals surface area (Å²) in [5, 5.41) is 2.48. The van der Waals surface area contributed by atoms with Crippen LogP contribution in [0, 0.1) is 11.6 Å². The van der Waals surface area contributed by atoms with Gasteiger partial charge in [-0.15, -0.1) is 0 Å². The average molecular weight is 446 g/mol. The van der Waals surface area contributed by atoms with Gasteiger partial charge in [-0.25, -0.2) is 13.6 Å². The van der Waals surface area contributed by atoms with Gasteiger partial charge in [-0.3, -0.25) is 30.1 Å². The highest BCUT2D eigenvalue weighted by atomic mass is 19.1. The highest BCUT2D eigenvalue weighted by Gasteiger charge is 2.49. The Morgan fingerprint density at radius 2 is 1.75 bits per heavy atom. The van der Waals surface area contributed by atoms with E-state index in [4.69, 9.17) is 4.74 Å². The van der Waals surface area contributed by atoms with Crippen molar-refractivity contribution < 1.29 is 32.7 Å². The lowest BCUT2D eigenvalue weighted by Crippen LogP contribution is -2.51. The molecule has 5 amide bonds. The van der Waals surface area contributed by atoms with E-state index in [1.807, 2.05) is 0 Å². The molecule has 1 fully saturated rings. The maximum absolute atomic E-state index is 13.6. The smallest absolute Gasteiger partial charge is 0.325 e. The second kappa shape index (κ2) is 9.00. The summed E-state index contributed by atoms with van der Waals surface area (Å²) in [6.45, 7) is 2.10. The fraction of sp³-hybridized carbons (Fsp3) is 0.238. The van der Waals surface area contributed by atoms with Crippen LogP contribution in [0.4, 0.5) is 13.6 Å². The molecular weight excluding hydrogens is 426 g/mol. The lowest BCUT2D eigenvalue weighted by molar-refractivity contribution is -0.136. The number of hydrogen-bond acceptors (Lipinski definition) is 5. The molecule has 32 heavy (non-hydrogen) atoms. The number of benzene rings is 2. The summed E-state index contributed by atoms with van der Waals surface area (Å²) < 4.78 is 32.0. The van der Waals surface area contributed by atoms with Crippen molar-refractivity contribution in [2.75, 3.05) is 6.54 Å². The minimum Gasteiger partial charge on any atom is -0.478 e. The minimum absolute atomic E-state index is 0.138. The largest absolute Gasteiger partial charge is 0.478 e. The van der Waals surface area contributed by atoms with Crippen molar-refractivity contribution in [1.29, 1.82) is 0 Å². The first-order valence-electron chi connectivity index (χ1n) is 9.52. The van der Waals surface area contributed by atoms with Gasteiger partial charge in [0.1, 0.15) is 17.9 Å². The molecule has 3 rings (SSSR count). The number of rotatable bonds is 6. The molecular formula is C21H20F2N4O5. The summed E-state index contributed by atoms with van der Waals surface area (Å²) in [6.07, 6.45) is -1.15. The highest BCUT2D eigenvalue weighted by molar-refractivity contribution is 6.09. The molecule has 0 aromatic heterocycles. The average Bonchev–Trinajstić information content (AvgIpc) is 2.97. The van der Waals surface area contributed by atoms with E-state index in [9.17, 15) is 28.0 Å². The predicted octanol–water partition coefficient (Wildman–Crippen LogP) is 1.35. The van der Waals surface area contributed by atoms with E-state index in [-0.39, 0.29) is 5.75 Å². The van der Waals surface area contributed by atoms with Gasteiger partial charge < -0.3 is 10.1 Å². The van der Waals surface area contributed by atoms with Crippen LogP contribution in [0.2, 0.25) is 0 Å². The van der Waals surface area contributed by atoms with Gasteiger partial charge in [0.15, 0.2) is 17.7 Å². The summed E-state index contributed by atoms with van der Waals surface area (Å²) in [6, 6.07) is 9.69. The molecule has 2 atom stereocenters. The number of para-hydroxylation sites is 1. The number of imide groups is 1. The molecule has 3 N–H and O–H groups in total. The zero-order chi connectivity index (χ0) is 23.5. The van der Waals surface area contributed by atoms with Crippen LogP contribution in [0.3, 0.4) is 0 Å². The first kappa shape index (κ1) is 22.7. The zero-order valence-electron chi connectivity index (χ0n) is 17.1. The van der Waals surface area contributed by atoms with E-state index in [1.165, 1.54) is 50.2 Å². The topological polar surface area (TPSA) is 117 Å². The Balaban J connectivity index is 1.56. The first-order chi connectivity index (χ1) is 15.1. The molecule has 2 aromatic carbocycles. The summed E-state index contributed by atoms with van der Waals surface area (Å²) in [5.74, 6) is -3.65. The van der Waals surface area contributed by atoms with Crippen LogP contribution in [-0.4, -0.2) is 41.3 Å². The van der Waals surface area contributed by atoms with Gasteiger partial charge in [0.05, 0.1) is 0 Å². The number of halogens is 2. The molecule has 0 radical (unpaired) electrons. The van der Waals surface area contributed by atoms with E-state index in [0.717, 1.165) is 12.1 Å². The highest BCUT2D eigenvalue weighted by Crippen LogP contribution is 2.28. The van der Waals surface area contributed by atoms with Crippen LogP contribution in [0.5, 0.6) is 5.75 Å². The number of hydrogen-bond donors (Lipinski definition) is 3. The van der Waals surface area contributed by atoms with Crippen molar-refractivity contribution in [3.05, 3.63) is 65.7 Å². The lowest BCUT2D eigenvalue weighted by atomic mass is 9.92. The van der Waals surface area contributed by atoms with Crippen molar-refractivity contribution in [3.63, 3.8) is 0 Å². The third-order valence-corrected chi connectivity index (χ3v) is 4.83. The third kappa shape index (κ3) is 4.66. The quantitative estimate of drug-likeness (QED) is 0.458. The van der Waals surface area contributed by atoms with Crippen molar-refractivity contribution in [3.8, 4) is 5.75 Å². The number of carbonyl (C=O) groups excluding carboxylic acids is 4. The monoisotopic (exact) mass is 446 g/mol. The second-order valence-electron chi connectivity index (χ2n) is 7.18. The third-order valence-electron chi connectivity index (χ3n) is 4.83. The maximum atomic E-state index is 13.6. The van der Waals surface area contributed by atoms with Crippen LogP contribution in [0.15, 0.2) is 48.5 Å². The van der Waals surface area contributed by atoms with Crippen LogP contribution in [0.25, 0.3) is 0 Å². The Bertz CT molecular complexity index is 1060. The molecule has 9 nitrogen and oxygen atoms in total. The predicted molar refractivity (Wildman–Crippen MR) is 107 cm³/mol. The first-order valence-corrected chi connectivity index (χ1v) is 9.52. The molecule has 2 aromatic rings. The van der Waals surface area contributed by atoms with Crippen molar-refractivity contribution in [2.45, 2.75) is 25.5 Å². The van der Waals surface area contributed by atoms with Crippen molar-refractivity contribution in [2.24, 2.45) is 0 Å². The van der Waals surface area contributed by atoms with E-state index in [1.54, 1.807) is 0 Å². The van der Waals surface area contributed by atoms with Crippen molar-refractivity contribution >= 4 is 23.8 Å². The van der Waals surface area contributed by atoms with E-state index in [2.05, 4.69) is 16.2 Å². The van der Waals surface area contributed by atoms with Gasteiger partial charge in [0.25, 0.3) is 17.7 Å². The molecule has 1 aliphatic rings. The standard InChI is InChI=1S/C21H20F2N4O5/c1-12(32-16-6-4-3-5-15(16)23)18(29)26-25-17(28)11-27-19(30)21(2,24-20(27)31)13-7-9-14(22)10-8-13/h3-10,12H,11H2,1-2H3,(H,24,31)(H,25,28)(H,26,29)/t12-,21-/m0/s1. The van der Waals surface area contributed by atoms with Crippen molar-refractivity contribution in [1.82, 2.24) is 21.1 Å². The molecule has 1 aliphatic heterocycles. The van der Waals surface area contributed by atoms with E-state index >= 15 is 0 Å². The number of nitrogens with one attached hydrogen (secondary N) is 3. The van der Waals surface area contributed by atoms with Gasteiger partial charge in [0.2, 0.25) is 0 Å². The summed E-state index contributed by atoms with van der Waals surface area (Å²) in [5.41, 5.74) is 3.02. The minimum atomic E-state index is -1.48. The summed E-state index contributed by atoms with van der Waals surface area (Å²) >= 11 is 0. The fourth-order valence-electron chi connectivity index (χ4n) is 3.02. The molecule has 11 heteroatoms. The van der Waals surface area contributed by atoms with Gasteiger partial charge in [-0.2, -0.15) is 0 Å². The number of nitrogens with zero attached hydrogens (tertiary/aromatic N) is 1. The second-order valence-corrected chi connectivity index (χ2v) is 7.18.